The minimum Gasteiger partial charge on any atom is -0.423 e. The van der Waals surface area contributed by atoms with Gasteiger partial charge in [-0.05, 0) is 98.6 Å². The number of carbonyl (C=O) groups excluding carboxylic acids is 2. The topological polar surface area (TPSA) is 145 Å². The molecule has 0 spiro atoms. The summed E-state index contributed by atoms with van der Waals surface area (Å²) in [4.78, 5) is 21.9. The molecule has 54 heavy (non-hydrogen) atoms. The summed E-state index contributed by atoms with van der Waals surface area (Å²) >= 11 is 2.93. The normalized spacial score (nSPS) is 11.8. The molecule has 0 aliphatic heterocycles. The lowest BCUT2D eigenvalue weighted by atomic mass is 9.80. The first-order valence-corrected chi connectivity index (χ1v) is 24.0. The first-order chi connectivity index (χ1) is 24.8. The number of hydrogen-bond donors (Lipinski definition) is 4. The first-order valence-electron chi connectivity index (χ1n) is 17.4. The molecule has 0 radical (unpaired) electrons. The van der Waals surface area contributed by atoms with E-state index in [-0.39, 0.29) is 25.7 Å². The number of carbonyl (C=O) groups is 2. The van der Waals surface area contributed by atoms with Crippen molar-refractivity contribution in [3.05, 3.63) is 123 Å². The standard InChI is InChI=1S/C20H26FNO2Si.C13H23BO3Si.C7H5BrFNO/c1-20(2,3)25(4,5)24-13-14-8-6-9-15(12-14)16-10-7-11-17(18(16)21)19(22)23;1-13(2,3)18(4,5)17-10-11-7-6-8-12(9-11)14(15)16;8-5-3-1-2-4(6(5)9)7(10)11/h6-12H,13H2,1-5H3,(H2,22,23);6-9,15-16H,10H2,1-5H3;1-3H,(H2,10,11). The van der Waals surface area contributed by atoms with Gasteiger partial charge in [-0.3, -0.25) is 9.59 Å². The molecule has 4 aromatic carbocycles. The van der Waals surface area contributed by atoms with Crippen LogP contribution in [0.25, 0.3) is 11.1 Å². The second kappa shape index (κ2) is 19.4. The van der Waals surface area contributed by atoms with E-state index in [0.717, 1.165) is 11.1 Å². The Kier molecular flexibility index (Phi) is 16.7. The van der Waals surface area contributed by atoms with Crippen LogP contribution >= 0.6 is 15.9 Å². The van der Waals surface area contributed by atoms with Gasteiger partial charge in [-0.1, -0.05) is 102 Å². The van der Waals surface area contributed by atoms with Crippen LogP contribution < -0.4 is 16.9 Å². The number of amides is 2. The van der Waals surface area contributed by atoms with Crippen molar-refractivity contribution >= 4 is 57.0 Å². The summed E-state index contributed by atoms with van der Waals surface area (Å²) in [6, 6.07) is 23.9. The van der Waals surface area contributed by atoms with Gasteiger partial charge >= 0.3 is 7.12 Å². The van der Waals surface area contributed by atoms with E-state index >= 15 is 0 Å². The van der Waals surface area contributed by atoms with Gasteiger partial charge in [0.05, 0.1) is 28.8 Å². The van der Waals surface area contributed by atoms with Crippen molar-refractivity contribution in [2.24, 2.45) is 11.5 Å². The third-order valence-electron chi connectivity index (χ3n) is 9.78. The van der Waals surface area contributed by atoms with Crippen LogP contribution in [0.5, 0.6) is 0 Å². The Labute approximate surface area is 329 Å². The van der Waals surface area contributed by atoms with Crippen LogP contribution in [-0.4, -0.2) is 45.6 Å². The summed E-state index contributed by atoms with van der Waals surface area (Å²) in [6.07, 6.45) is 0. The van der Waals surface area contributed by atoms with Crippen LogP contribution in [0.2, 0.25) is 36.3 Å². The SMILES string of the molecule is CC(C)(C)[Si](C)(C)OCc1cccc(-c2cccc(C(N)=O)c2F)c1.CC(C)(C)[Si](C)(C)OCc1cccc(B(O)O)c1.NC(=O)c1cccc(Br)c1F. The van der Waals surface area contributed by atoms with E-state index in [9.17, 15) is 18.4 Å². The quantitative estimate of drug-likeness (QED) is 0.118. The molecule has 0 fully saturated rings. The monoisotopic (exact) mass is 842 g/mol. The van der Waals surface area contributed by atoms with Crippen LogP contribution in [0.3, 0.4) is 0 Å². The largest absolute Gasteiger partial charge is 0.488 e. The Morgan fingerprint density at radius 1 is 0.685 bits per heavy atom. The number of primary amides is 2. The highest BCUT2D eigenvalue weighted by atomic mass is 79.9. The third-order valence-corrected chi connectivity index (χ3v) is 19.3. The molecule has 292 valence electrons. The third kappa shape index (κ3) is 13.4. The highest BCUT2D eigenvalue weighted by Crippen LogP contribution is 2.38. The molecule has 0 aliphatic rings. The van der Waals surface area contributed by atoms with Crippen molar-refractivity contribution in [1.82, 2.24) is 0 Å². The Hall–Kier alpha value is -3.50. The smallest absolute Gasteiger partial charge is 0.423 e. The summed E-state index contributed by atoms with van der Waals surface area (Å²) in [5.74, 6) is -2.72. The zero-order chi connectivity index (χ0) is 41.2. The molecule has 4 aromatic rings. The van der Waals surface area contributed by atoms with Gasteiger partial charge in [0, 0.05) is 5.56 Å². The van der Waals surface area contributed by atoms with E-state index in [1.54, 1.807) is 30.3 Å². The number of rotatable bonds is 10. The molecule has 0 atom stereocenters. The van der Waals surface area contributed by atoms with Crippen molar-refractivity contribution in [2.75, 3.05) is 0 Å². The van der Waals surface area contributed by atoms with Crippen molar-refractivity contribution in [2.45, 2.75) is 91.0 Å². The molecule has 6 N–H and O–H groups in total. The molecule has 0 aromatic heterocycles. The Morgan fingerprint density at radius 2 is 1.11 bits per heavy atom. The van der Waals surface area contributed by atoms with E-state index in [0.29, 0.717) is 29.8 Å². The molecule has 0 saturated heterocycles. The zero-order valence-corrected chi connectivity index (χ0v) is 36.5. The molecule has 0 aliphatic carbocycles. The van der Waals surface area contributed by atoms with E-state index in [4.69, 9.17) is 30.4 Å². The van der Waals surface area contributed by atoms with Gasteiger partial charge < -0.3 is 30.4 Å². The minimum absolute atomic E-state index is 0.0968. The molecule has 0 saturated carbocycles. The summed E-state index contributed by atoms with van der Waals surface area (Å²) in [5.41, 5.74) is 13.5. The maximum Gasteiger partial charge on any atom is 0.488 e. The number of hydrogen-bond acceptors (Lipinski definition) is 6. The predicted molar refractivity (Wildman–Crippen MR) is 223 cm³/mol. The fraction of sp³-hybridized carbons (Fsp3) is 0.350. The number of halogens is 3. The van der Waals surface area contributed by atoms with E-state index in [2.05, 4.69) is 83.7 Å². The van der Waals surface area contributed by atoms with Gasteiger partial charge in [-0.2, -0.15) is 0 Å². The van der Waals surface area contributed by atoms with Gasteiger partial charge in [0.25, 0.3) is 11.8 Å². The average molecular weight is 844 g/mol. The minimum atomic E-state index is -1.85. The molecule has 4 rings (SSSR count). The van der Waals surface area contributed by atoms with E-state index in [1.807, 2.05) is 36.4 Å². The first kappa shape index (κ1) is 46.7. The average Bonchev–Trinajstić information content (AvgIpc) is 3.07. The lowest BCUT2D eigenvalue weighted by molar-refractivity contribution is 0.0987. The highest BCUT2D eigenvalue weighted by molar-refractivity contribution is 9.10. The Morgan fingerprint density at radius 3 is 1.56 bits per heavy atom. The summed E-state index contributed by atoms with van der Waals surface area (Å²) in [6.45, 7) is 23.0. The predicted octanol–water partition coefficient (Wildman–Crippen LogP) is 8.69. The van der Waals surface area contributed by atoms with E-state index in [1.165, 1.54) is 18.2 Å². The molecular formula is C40H54BBrF2N2O6Si2. The molecule has 14 heteroatoms. The second-order valence-electron chi connectivity index (χ2n) is 15.9. The highest BCUT2D eigenvalue weighted by Gasteiger charge is 2.38. The van der Waals surface area contributed by atoms with Crippen LogP contribution in [0.4, 0.5) is 8.78 Å². The Bertz CT molecular complexity index is 1900. The fourth-order valence-electron chi connectivity index (χ4n) is 4.27. The van der Waals surface area contributed by atoms with Gasteiger partial charge in [0.15, 0.2) is 16.6 Å². The van der Waals surface area contributed by atoms with Crippen LogP contribution in [0, 0.1) is 11.6 Å². The molecule has 0 unspecified atom stereocenters. The lowest BCUT2D eigenvalue weighted by Crippen LogP contribution is -2.40. The second-order valence-corrected chi connectivity index (χ2v) is 26.4. The number of benzene rings is 4. The van der Waals surface area contributed by atoms with E-state index < -0.39 is 47.2 Å². The molecule has 8 nitrogen and oxygen atoms in total. The van der Waals surface area contributed by atoms with Gasteiger partial charge in [-0.15, -0.1) is 0 Å². The van der Waals surface area contributed by atoms with Crippen LogP contribution in [0.15, 0.2) is 89.4 Å². The summed E-state index contributed by atoms with van der Waals surface area (Å²) < 4.78 is 40.0. The summed E-state index contributed by atoms with van der Waals surface area (Å²) in [7, 11) is -5.03. The zero-order valence-electron chi connectivity index (χ0n) is 32.9. The molecule has 0 heterocycles. The van der Waals surface area contributed by atoms with Crippen molar-refractivity contribution in [3.63, 3.8) is 0 Å². The molecule has 2 amide bonds. The Balaban J connectivity index is 0.000000303. The van der Waals surface area contributed by atoms with Gasteiger partial charge in [0.2, 0.25) is 0 Å². The maximum absolute atomic E-state index is 14.5. The van der Waals surface area contributed by atoms with Crippen LogP contribution in [-0.2, 0) is 22.1 Å². The molecular weight excluding hydrogens is 789 g/mol. The van der Waals surface area contributed by atoms with Crippen LogP contribution in [0.1, 0.15) is 73.4 Å². The summed E-state index contributed by atoms with van der Waals surface area (Å²) in [5, 5.41) is 18.6. The lowest BCUT2D eigenvalue weighted by Gasteiger charge is -2.36. The van der Waals surface area contributed by atoms with Gasteiger partial charge in [0.1, 0.15) is 11.6 Å². The maximum atomic E-state index is 14.5. The van der Waals surface area contributed by atoms with Gasteiger partial charge in [-0.25, -0.2) is 8.78 Å². The van der Waals surface area contributed by atoms with Crippen molar-refractivity contribution < 1.29 is 37.3 Å². The van der Waals surface area contributed by atoms with Crippen molar-refractivity contribution in [3.8, 4) is 11.1 Å². The number of nitrogens with two attached hydrogens (primary N) is 2. The molecule has 0 bridgehead atoms. The fourth-order valence-corrected chi connectivity index (χ4v) is 6.56. The van der Waals surface area contributed by atoms with Crippen molar-refractivity contribution in [1.29, 1.82) is 0 Å².